The minimum atomic E-state index is -0.0231. The smallest absolute Gasteiger partial charge is 0.239 e. The standard InChI is InChI=1S/C13H21ClN4O/c1-8(2)6-15-11(19)7-18(5)13-10(4)9(3)12(14)16-17-13/h8H,6-7H2,1-5H3,(H,15,19). The Morgan fingerprint density at radius 1 is 1.32 bits per heavy atom. The molecule has 106 valence electrons. The molecule has 0 saturated carbocycles. The molecule has 0 atom stereocenters. The Morgan fingerprint density at radius 3 is 2.53 bits per heavy atom. The van der Waals surface area contributed by atoms with E-state index in [1.54, 1.807) is 4.90 Å². The summed E-state index contributed by atoms with van der Waals surface area (Å²) in [6.45, 7) is 8.86. The molecule has 0 saturated heterocycles. The molecule has 0 aromatic carbocycles. The zero-order valence-corrected chi connectivity index (χ0v) is 12.9. The van der Waals surface area contributed by atoms with Gasteiger partial charge < -0.3 is 10.2 Å². The fourth-order valence-electron chi connectivity index (χ4n) is 1.59. The van der Waals surface area contributed by atoms with Crippen molar-refractivity contribution in [1.29, 1.82) is 0 Å². The van der Waals surface area contributed by atoms with Crippen LogP contribution in [-0.4, -0.2) is 36.2 Å². The molecule has 1 amide bonds. The number of nitrogens with one attached hydrogen (secondary N) is 1. The molecule has 1 rings (SSSR count). The predicted octanol–water partition coefficient (Wildman–Crippen LogP) is 1.96. The van der Waals surface area contributed by atoms with E-state index in [1.807, 2.05) is 20.9 Å². The third kappa shape index (κ3) is 4.35. The van der Waals surface area contributed by atoms with Crippen molar-refractivity contribution in [3.8, 4) is 0 Å². The van der Waals surface area contributed by atoms with Crippen LogP contribution in [0.2, 0.25) is 5.15 Å². The molecule has 1 heterocycles. The zero-order chi connectivity index (χ0) is 14.6. The summed E-state index contributed by atoms with van der Waals surface area (Å²) >= 11 is 5.91. The van der Waals surface area contributed by atoms with Crippen molar-refractivity contribution in [1.82, 2.24) is 15.5 Å². The van der Waals surface area contributed by atoms with E-state index < -0.39 is 0 Å². The highest BCUT2D eigenvalue weighted by atomic mass is 35.5. The van der Waals surface area contributed by atoms with Crippen molar-refractivity contribution in [2.75, 3.05) is 25.0 Å². The number of aromatic nitrogens is 2. The summed E-state index contributed by atoms with van der Waals surface area (Å²) in [5, 5.41) is 11.2. The van der Waals surface area contributed by atoms with E-state index in [2.05, 4.69) is 29.4 Å². The average molecular weight is 285 g/mol. The molecule has 1 N–H and O–H groups in total. The number of rotatable bonds is 5. The molecule has 0 aliphatic carbocycles. The van der Waals surface area contributed by atoms with Crippen LogP contribution in [0, 0.1) is 19.8 Å². The van der Waals surface area contributed by atoms with Gasteiger partial charge in [0.05, 0.1) is 6.54 Å². The van der Waals surface area contributed by atoms with E-state index in [-0.39, 0.29) is 12.5 Å². The van der Waals surface area contributed by atoms with Crippen molar-refractivity contribution >= 4 is 23.3 Å². The first-order chi connectivity index (χ1) is 8.82. The largest absolute Gasteiger partial charge is 0.354 e. The Hall–Kier alpha value is -1.36. The van der Waals surface area contributed by atoms with Crippen molar-refractivity contribution < 1.29 is 4.79 Å². The first-order valence-electron chi connectivity index (χ1n) is 6.30. The maximum atomic E-state index is 11.8. The quantitative estimate of drug-likeness (QED) is 0.898. The highest BCUT2D eigenvalue weighted by Gasteiger charge is 2.14. The van der Waals surface area contributed by atoms with Gasteiger partial charge in [0.2, 0.25) is 5.91 Å². The van der Waals surface area contributed by atoms with Crippen LogP contribution in [0.15, 0.2) is 0 Å². The summed E-state index contributed by atoms with van der Waals surface area (Å²) in [5.74, 6) is 1.10. The van der Waals surface area contributed by atoms with Gasteiger partial charge in [-0.15, -0.1) is 10.2 Å². The molecule has 0 radical (unpaired) electrons. The molecule has 0 bridgehead atoms. The van der Waals surface area contributed by atoms with Crippen LogP contribution < -0.4 is 10.2 Å². The van der Waals surface area contributed by atoms with Crippen molar-refractivity contribution in [2.45, 2.75) is 27.7 Å². The van der Waals surface area contributed by atoms with E-state index >= 15 is 0 Å². The van der Waals surface area contributed by atoms with E-state index in [9.17, 15) is 4.79 Å². The van der Waals surface area contributed by atoms with Gasteiger partial charge in [-0.2, -0.15) is 0 Å². The summed E-state index contributed by atoms with van der Waals surface area (Å²) in [6, 6.07) is 0. The molecule has 0 fully saturated rings. The lowest BCUT2D eigenvalue weighted by atomic mass is 10.2. The van der Waals surface area contributed by atoms with Crippen LogP contribution in [0.3, 0.4) is 0 Å². The lowest BCUT2D eigenvalue weighted by Crippen LogP contribution is -2.37. The second kappa shape index (κ2) is 6.70. The molecule has 6 heteroatoms. The Labute approximate surface area is 119 Å². The van der Waals surface area contributed by atoms with Crippen LogP contribution in [0.1, 0.15) is 25.0 Å². The fraction of sp³-hybridized carbons (Fsp3) is 0.615. The molecule has 1 aromatic heterocycles. The second-order valence-electron chi connectivity index (χ2n) is 5.12. The molecule has 19 heavy (non-hydrogen) atoms. The molecule has 0 aliphatic rings. The summed E-state index contributed by atoms with van der Waals surface area (Å²) in [5.41, 5.74) is 1.83. The summed E-state index contributed by atoms with van der Waals surface area (Å²) in [6.07, 6.45) is 0. The molecular weight excluding hydrogens is 264 g/mol. The first kappa shape index (κ1) is 15.7. The van der Waals surface area contributed by atoms with E-state index in [0.29, 0.717) is 23.4 Å². The maximum absolute atomic E-state index is 11.8. The number of hydrogen-bond acceptors (Lipinski definition) is 4. The number of carbonyl (C=O) groups excluding carboxylic acids is 1. The predicted molar refractivity (Wildman–Crippen MR) is 77.6 cm³/mol. The fourth-order valence-corrected chi connectivity index (χ4v) is 1.77. The van der Waals surface area contributed by atoms with Gasteiger partial charge in [0.25, 0.3) is 0 Å². The summed E-state index contributed by atoms with van der Waals surface area (Å²) < 4.78 is 0. The lowest BCUT2D eigenvalue weighted by Gasteiger charge is -2.20. The molecule has 0 aliphatic heterocycles. The third-order valence-corrected chi connectivity index (χ3v) is 3.25. The van der Waals surface area contributed by atoms with Crippen LogP contribution in [0.4, 0.5) is 5.82 Å². The van der Waals surface area contributed by atoms with Gasteiger partial charge in [-0.3, -0.25) is 4.79 Å². The van der Waals surface area contributed by atoms with Gasteiger partial charge in [0.15, 0.2) is 11.0 Å². The van der Waals surface area contributed by atoms with E-state index in [1.165, 1.54) is 0 Å². The lowest BCUT2D eigenvalue weighted by molar-refractivity contribution is -0.119. The van der Waals surface area contributed by atoms with Gasteiger partial charge >= 0.3 is 0 Å². The second-order valence-corrected chi connectivity index (χ2v) is 5.48. The minimum absolute atomic E-state index is 0.0231. The number of anilines is 1. The van der Waals surface area contributed by atoms with Gasteiger partial charge in [0.1, 0.15) is 0 Å². The molecule has 0 unspecified atom stereocenters. The van der Waals surface area contributed by atoms with Crippen molar-refractivity contribution in [3.63, 3.8) is 0 Å². The number of nitrogens with zero attached hydrogens (tertiary/aromatic N) is 3. The number of amides is 1. The molecule has 0 spiro atoms. The maximum Gasteiger partial charge on any atom is 0.239 e. The highest BCUT2D eigenvalue weighted by molar-refractivity contribution is 6.30. The topological polar surface area (TPSA) is 58.1 Å². The van der Waals surface area contributed by atoms with E-state index in [0.717, 1.165) is 11.1 Å². The first-order valence-corrected chi connectivity index (χ1v) is 6.68. The third-order valence-electron chi connectivity index (χ3n) is 2.89. The highest BCUT2D eigenvalue weighted by Crippen LogP contribution is 2.22. The van der Waals surface area contributed by atoms with Crippen LogP contribution in [-0.2, 0) is 4.79 Å². The van der Waals surface area contributed by atoms with Crippen LogP contribution >= 0.6 is 11.6 Å². The summed E-state index contributed by atoms with van der Waals surface area (Å²) in [7, 11) is 1.82. The van der Waals surface area contributed by atoms with Crippen LogP contribution in [0.5, 0.6) is 0 Å². The SMILES string of the molecule is Cc1c(Cl)nnc(N(C)CC(=O)NCC(C)C)c1C. The number of likely N-dealkylation sites (N-methyl/N-ethyl adjacent to an activating group) is 1. The monoisotopic (exact) mass is 284 g/mol. The molecular formula is C13H21ClN4O. The van der Waals surface area contributed by atoms with Crippen LogP contribution in [0.25, 0.3) is 0 Å². The molecule has 1 aromatic rings. The number of carbonyl (C=O) groups is 1. The normalized spacial score (nSPS) is 10.7. The Morgan fingerprint density at radius 2 is 1.95 bits per heavy atom. The Kier molecular flexibility index (Phi) is 5.54. The minimum Gasteiger partial charge on any atom is -0.354 e. The van der Waals surface area contributed by atoms with Crippen molar-refractivity contribution in [3.05, 3.63) is 16.3 Å². The average Bonchev–Trinajstić information content (AvgIpc) is 2.33. The van der Waals surface area contributed by atoms with E-state index in [4.69, 9.17) is 11.6 Å². The Bertz CT molecular complexity index is 462. The zero-order valence-electron chi connectivity index (χ0n) is 12.1. The molecule has 5 nitrogen and oxygen atoms in total. The van der Waals surface area contributed by atoms with Gasteiger partial charge in [-0.1, -0.05) is 25.4 Å². The van der Waals surface area contributed by atoms with Gasteiger partial charge in [-0.05, 0) is 30.9 Å². The Balaban J connectivity index is 2.71. The van der Waals surface area contributed by atoms with Gasteiger partial charge in [0, 0.05) is 13.6 Å². The van der Waals surface area contributed by atoms with Crippen molar-refractivity contribution in [2.24, 2.45) is 5.92 Å². The number of hydrogen-bond donors (Lipinski definition) is 1. The number of halogens is 1. The summed E-state index contributed by atoms with van der Waals surface area (Å²) in [4.78, 5) is 13.5. The van der Waals surface area contributed by atoms with Gasteiger partial charge in [-0.25, -0.2) is 0 Å².